The van der Waals surface area contributed by atoms with Crippen molar-refractivity contribution in [3.63, 3.8) is 0 Å². The molecule has 1 fully saturated rings. The van der Waals surface area contributed by atoms with Crippen molar-refractivity contribution in [3.05, 3.63) is 48.4 Å². The molecule has 0 radical (unpaired) electrons. The van der Waals surface area contributed by atoms with E-state index >= 15 is 0 Å². The molecule has 0 bridgehead atoms. The van der Waals surface area contributed by atoms with E-state index in [2.05, 4.69) is 26.4 Å². The molecule has 0 aliphatic carbocycles. The largest absolute Gasteiger partial charge is 0.370 e. The zero-order chi connectivity index (χ0) is 17.2. The van der Waals surface area contributed by atoms with E-state index in [9.17, 15) is 4.79 Å². The molecule has 0 spiro atoms. The summed E-state index contributed by atoms with van der Waals surface area (Å²) in [4.78, 5) is 19.1. The number of nitrogens with one attached hydrogen (secondary N) is 1. The monoisotopic (exact) mass is 335 g/mol. The Balaban J connectivity index is 1.74. The van der Waals surface area contributed by atoms with Gasteiger partial charge in [0.25, 0.3) is 5.91 Å². The van der Waals surface area contributed by atoms with Crippen molar-refractivity contribution in [1.82, 2.24) is 14.8 Å². The van der Waals surface area contributed by atoms with E-state index < -0.39 is 0 Å². The van der Waals surface area contributed by atoms with Gasteiger partial charge in [0.05, 0.1) is 23.1 Å². The molecule has 1 aliphatic rings. The highest BCUT2D eigenvalue weighted by Crippen LogP contribution is 2.33. The quantitative estimate of drug-likeness (QED) is 0.798. The van der Waals surface area contributed by atoms with Crippen LogP contribution < -0.4 is 10.2 Å². The molecule has 1 amide bonds. The van der Waals surface area contributed by atoms with E-state index in [1.165, 1.54) is 19.3 Å². The van der Waals surface area contributed by atoms with E-state index in [-0.39, 0.29) is 5.91 Å². The summed E-state index contributed by atoms with van der Waals surface area (Å²) < 4.78 is 1.83. The fraction of sp³-hybridized carbons (Fsp3) is 0.316. The third-order valence-corrected chi connectivity index (χ3v) is 4.71. The van der Waals surface area contributed by atoms with Crippen LogP contribution in [0, 0.1) is 0 Å². The highest BCUT2D eigenvalue weighted by molar-refractivity contribution is 6.06. The van der Waals surface area contributed by atoms with Gasteiger partial charge in [-0.2, -0.15) is 5.10 Å². The summed E-state index contributed by atoms with van der Waals surface area (Å²) >= 11 is 0. The van der Waals surface area contributed by atoms with Crippen molar-refractivity contribution in [3.8, 4) is 0 Å². The Morgan fingerprint density at radius 3 is 2.76 bits per heavy atom. The number of amides is 1. The first kappa shape index (κ1) is 15.6. The first-order chi connectivity index (χ1) is 12.2. The lowest BCUT2D eigenvalue weighted by Crippen LogP contribution is -2.30. The van der Waals surface area contributed by atoms with Crippen LogP contribution >= 0.6 is 0 Å². The van der Waals surface area contributed by atoms with Crippen LogP contribution in [0.4, 0.5) is 11.4 Å². The molecule has 1 N–H and O–H groups in total. The minimum Gasteiger partial charge on any atom is -0.370 e. The van der Waals surface area contributed by atoms with Crippen molar-refractivity contribution in [2.45, 2.75) is 19.3 Å². The normalized spacial score (nSPS) is 14.7. The molecule has 25 heavy (non-hydrogen) atoms. The second-order valence-electron chi connectivity index (χ2n) is 6.41. The topological polar surface area (TPSA) is 63.1 Å². The summed E-state index contributed by atoms with van der Waals surface area (Å²) in [6.07, 6.45) is 7.12. The Labute approximate surface area is 146 Å². The molecular formula is C19H21N5O. The van der Waals surface area contributed by atoms with Crippen molar-refractivity contribution in [2.24, 2.45) is 7.05 Å². The van der Waals surface area contributed by atoms with Gasteiger partial charge in [-0.3, -0.25) is 14.5 Å². The number of carbonyl (C=O) groups is 1. The summed E-state index contributed by atoms with van der Waals surface area (Å²) in [5.74, 6) is -0.194. The zero-order valence-electron chi connectivity index (χ0n) is 14.3. The maximum atomic E-state index is 12.6. The second-order valence-corrected chi connectivity index (χ2v) is 6.41. The summed E-state index contributed by atoms with van der Waals surface area (Å²) in [5.41, 5.74) is 3.28. The Hall–Kier alpha value is -2.89. The molecule has 6 heteroatoms. The Kier molecular flexibility index (Phi) is 4.09. The van der Waals surface area contributed by atoms with Crippen LogP contribution in [0.2, 0.25) is 0 Å². The third-order valence-electron chi connectivity index (χ3n) is 4.71. The number of fused-ring (bicyclic) bond motifs is 1. The van der Waals surface area contributed by atoms with Gasteiger partial charge in [-0.15, -0.1) is 0 Å². The first-order valence-electron chi connectivity index (χ1n) is 8.65. The minimum atomic E-state index is -0.194. The molecule has 2 aromatic heterocycles. The van der Waals surface area contributed by atoms with Gasteiger partial charge in [0.1, 0.15) is 5.69 Å². The van der Waals surface area contributed by atoms with E-state index in [1.54, 1.807) is 18.3 Å². The summed E-state index contributed by atoms with van der Waals surface area (Å²) in [5, 5.41) is 8.46. The van der Waals surface area contributed by atoms with Crippen LogP contribution in [-0.2, 0) is 7.05 Å². The predicted molar refractivity (Wildman–Crippen MR) is 99.0 cm³/mol. The molecule has 128 valence electrons. The predicted octanol–water partition coefficient (Wildman–Crippen LogP) is 3.21. The highest BCUT2D eigenvalue weighted by Gasteiger charge is 2.18. The number of hydrogen-bond donors (Lipinski definition) is 1. The van der Waals surface area contributed by atoms with Crippen molar-refractivity contribution in [2.75, 3.05) is 23.3 Å². The van der Waals surface area contributed by atoms with Gasteiger partial charge in [-0.05, 0) is 43.5 Å². The average Bonchev–Trinajstić information content (AvgIpc) is 3.03. The Morgan fingerprint density at radius 1 is 1.16 bits per heavy atom. The molecule has 3 heterocycles. The lowest BCUT2D eigenvalue weighted by molar-refractivity contribution is 0.102. The number of piperidine rings is 1. The van der Waals surface area contributed by atoms with Crippen LogP contribution in [0.15, 0.2) is 42.7 Å². The van der Waals surface area contributed by atoms with Gasteiger partial charge >= 0.3 is 0 Å². The molecule has 4 rings (SSSR count). The molecule has 1 aromatic carbocycles. The SMILES string of the molecule is Cn1ncc2cc(N3CCCCC3)c(NC(=O)c3ccccn3)cc21. The molecule has 6 nitrogen and oxygen atoms in total. The molecule has 0 atom stereocenters. The van der Waals surface area contributed by atoms with Gasteiger partial charge in [-0.25, -0.2) is 0 Å². The van der Waals surface area contributed by atoms with Crippen molar-refractivity contribution < 1.29 is 4.79 Å². The van der Waals surface area contributed by atoms with Gasteiger partial charge < -0.3 is 10.2 Å². The van der Waals surface area contributed by atoms with Crippen LogP contribution in [0.25, 0.3) is 10.9 Å². The van der Waals surface area contributed by atoms with Gasteiger partial charge in [0, 0.05) is 31.7 Å². The van der Waals surface area contributed by atoms with Gasteiger partial charge in [-0.1, -0.05) is 6.07 Å². The molecule has 1 aliphatic heterocycles. The number of pyridine rings is 1. The average molecular weight is 335 g/mol. The van der Waals surface area contributed by atoms with Crippen LogP contribution in [0.1, 0.15) is 29.8 Å². The summed E-state index contributed by atoms with van der Waals surface area (Å²) in [7, 11) is 1.91. The fourth-order valence-electron chi connectivity index (χ4n) is 3.37. The molecular weight excluding hydrogens is 314 g/mol. The van der Waals surface area contributed by atoms with E-state index in [4.69, 9.17) is 0 Å². The van der Waals surface area contributed by atoms with E-state index in [1.807, 2.05) is 30.1 Å². The van der Waals surface area contributed by atoms with E-state index in [0.29, 0.717) is 5.69 Å². The van der Waals surface area contributed by atoms with E-state index in [0.717, 1.165) is 35.4 Å². The number of aromatic nitrogens is 3. The Bertz CT molecular complexity index is 897. The molecule has 1 saturated heterocycles. The number of aryl methyl sites for hydroxylation is 1. The maximum absolute atomic E-state index is 12.6. The number of nitrogens with zero attached hydrogens (tertiary/aromatic N) is 4. The minimum absolute atomic E-state index is 0.194. The number of hydrogen-bond acceptors (Lipinski definition) is 4. The number of rotatable bonds is 3. The van der Waals surface area contributed by atoms with Gasteiger partial charge in [0.15, 0.2) is 0 Å². The fourth-order valence-corrected chi connectivity index (χ4v) is 3.37. The van der Waals surface area contributed by atoms with Crippen LogP contribution in [0.3, 0.4) is 0 Å². The number of carbonyl (C=O) groups excluding carboxylic acids is 1. The summed E-state index contributed by atoms with van der Waals surface area (Å²) in [6, 6.07) is 9.47. The summed E-state index contributed by atoms with van der Waals surface area (Å²) in [6.45, 7) is 2.02. The lowest BCUT2D eigenvalue weighted by Gasteiger charge is -2.30. The second kappa shape index (κ2) is 6.55. The highest BCUT2D eigenvalue weighted by atomic mass is 16.1. The molecule has 0 unspecified atom stereocenters. The van der Waals surface area contributed by atoms with Crippen LogP contribution in [-0.4, -0.2) is 33.8 Å². The zero-order valence-corrected chi connectivity index (χ0v) is 14.3. The molecule has 0 saturated carbocycles. The Morgan fingerprint density at radius 2 is 2.00 bits per heavy atom. The first-order valence-corrected chi connectivity index (χ1v) is 8.65. The standard InChI is InChI=1S/C19H21N5O/c1-23-17-12-16(22-19(25)15-7-3-4-8-20-15)18(11-14(17)13-21-23)24-9-5-2-6-10-24/h3-4,7-8,11-13H,2,5-6,9-10H2,1H3,(H,22,25). The lowest BCUT2D eigenvalue weighted by atomic mass is 10.1. The third kappa shape index (κ3) is 3.07. The van der Waals surface area contributed by atoms with Gasteiger partial charge in [0.2, 0.25) is 0 Å². The maximum Gasteiger partial charge on any atom is 0.274 e. The van der Waals surface area contributed by atoms with Crippen molar-refractivity contribution in [1.29, 1.82) is 0 Å². The van der Waals surface area contributed by atoms with Crippen molar-refractivity contribution >= 4 is 28.2 Å². The smallest absolute Gasteiger partial charge is 0.274 e. The molecule has 3 aromatic rings. The number of anilines is 2. The van der Waals surface area contributed by atoms with Crippen LogP contribution in [0.5, 0.6) is 0 Å². The number of benzene rings is 1.